The molecule has 4 rings (SSSR count). The number of hydrogen-bond acceptors (Lipinski definition) is 4. The number of nitrogens with zero attached hydrogens (tertiary/aromatic N) is 2. The van der Waals surface area contributed by atoms with Crippen molar-refractivity contribution in [2.24, 2.45) is 0 Å². The second-order valence-electron chi connectivity index (χ2n) is 8.06. The van der Waals surface area contributed by atoms with Gasteiger partial charge in [0.15, 0.2) is 0 Å². The molecule has 0 aliphatic carbocycles. The van der Waals surface area contributed by atoms with E-state index in [0.29, 0.717) is 5.56 Å². The van der Waals surface area contributed by atoms with Crippen molar-refractivity contribution in [1.29, 1.82) is 0 Å². The molecular formula is C27H30N2O3. The average Bonchev–Trinajstić information content (AvgIpc) is 2.86. The Morgan fingerprint density at radius 1 is 0.875 bits per heavy atom. The lowest BCUT2D eigenvalue weighted by Crippen LogP contribution is -2.47. The zero-order valence-electron chi connectivity index (χ0n) is 18.7. The number of piperidine rings is 1. The number of carbonyl (C=O) groups is 1. The first kappa shape index (κ1) is 21.9. The van der Waals surface area contributed by atoms with Crippen LogP contribution in [0.25, 0.3) is 0 Å². The van der Waals surface area contributed by atoms with Crippen molar-refractivity contribution < 1.29 is 14.3 Å². The van der Waals surface area contributed by atoms with E-state index in [1.54, 1.807) is 14.2 Å². The molecule has 1 amide bonds. The van der Waals surface area contributed by atoms with Gasteiger partial charge in [-0.3, -0.25) is 9.69 Å². The van der Waals surface area contributed by atoms with Crippen LogP contribution in [0.5, 0.6) is 11.5 Å². The van der Waals surface area contributed by atoms with E-state index in [9.17, 15) is 4.79 Å². The maximum Gasteiger partial charge on any atom is 0.258 e. The number of hydrogen-bond donors (Lipinski definition) is 0. The maximum absolute atomic E-state index is 13.5. The maximum atomic E-state index is 13.5. The number of carbonyl (C=O) groups excluding carboxylic acids is 1. The van der Waals surface area contributed by atoms with Crippen molar-refractivity contribution in [1.82, 2.24) is 4.90 Å². The van der Waals surface area contributed by atoms with E-state index in [-0.39, 0.29) is 11.9 Å². The lowest BCUT2D eigenvalue weighted by atomic mass is 10.00. The van der Waals surface area contributed by atoms with E-state index >= 15 is 0 Å². The number of rotatable bonds is 7. The van der Waals surface area contributed by atoms with Crippen LogP contribution < -0.4 is 14.4 Å². The van der Waals surface area contributed by atoms with Gasteiger partial charge in [-0.2, -0.15) is 0 Å². The summed E-state index contributed by atoms with van der Waals surface area (Å²) in [5.74, 6) is 1.75. The zero-order valence-corrected chi connectivity index (χ0v) is 18.7. The molecule has 1 heterocycles. The van der Waals surface area contributed by atoms with Gasteiger partial charge in [-0.05, 0) is 55.3 Å². The Hall–Kier alpha value is -3.31. The fraction of sp³-hybridized carbons (Fsp3) is 0.296. The third-order valence-electron chi connectivity index (χ3n) is 6.10. The van der Waals surface area contributed by atoms with Crippen LogP contribution in [0, 0.1) is 0 Å². The number of methoxy groups -OCH3 is 2. The van der Waals surface area contributed by atoms with Crippen molar-refractivity contribution in [2.45, 2.75) is 25.4 Å². The minimum Gasteiger partial charge on any atom is -0.497 e. The number of ether oxygens (including phenoxy) is 2. The summed E-state index contributed by atoms with van der Waals surface area (Å²) in [5.41, 5.74) is 2.81. The number of amides is 1. The van der Waals surface area contributed by atoms with Crippen molar-refractivity contribution >= 4 is 11.6 Å². The van der Waals surface area contributed by atoms with Crippen molar-refractivity contribution in [3.05, 3.63) is 90.0 Å². The number of anilines is 1. The van der Waals surface area contributed by atoms with Crippen LogP contribution in [-0.4, -0.2) is 44.2 Å². The Balaban J connectivity index is 1.51. The number of benzene rings is 3. The average molecular weight is 431 g/mol. The Morgan fingerprint density at radius 2 is 1.53 bits per heavy atom. The molecule has 1 saturated heterocycles. The van der Waals surface area contributed by atoms with E-state index in [2.05, 4.69) is 17.0 Å². The third kappa shape index (κ3) is 4.94. The third-order valence-corrected chi connectivity index (χ3v) is 6.10. The van der Waals surface area contributed by atoms with Crippen molar-refractivity contribution in [2.75, 3.05) is 32.2 Å². The first-order valence-electron chi connectivity index (χ1n) is 11.1. The highest BCUT2D eigenvalue weighted by Crippen LogP contribution is 2.29. The van der Waals surface area contributed by atoms with Gasteiger partial charge in [0.05, 0.1) is 14.2 Å². The molecule has 0 saturated carbocycles. The molecule has 3 aromatic rings. The normalized spacial score (nSPS) is 14.7. The van der Waals surface area contributed by atoms with Crippen LogP contribution in [-0.2, 0) is 6.54 Å². The minimum atomic E-state index is 0.0407. The van der Waals surface area contributed by atoms with Gasteiger partial charge < -0.3 is 14.4 Å². The molecule has 1 aliphatic heterocycles. The summed E-state index contributed by atoms with van der Waals surface area (Å²) in [5, 5.41) is 0. The van der Waals surface area contributed by atoms with Crippen LogP contribution in [0.2, 0.25) is 0 Å². The topological polar surface area (TPSA) is 42.0 Å². The molecule has 0 atom stereocenters. The number of likely N-dealkylation sites (tertiary alicyclic amines) is 1. The predicted octanol–water partition coefficient (Wildman–Crippen LogP) is 5.02. The van der Waals surface area contributed by atoms with Crippen LogP contribution >= 0.6 is 0 Å². The highest BCUT2D eigenvalue weighted by molar-refractivity contribution is 6.06. The summed E-state index contributed by atoms with van der Waals surface area (Å²) in [6, 6.07) is 25.6. The standard InChI is InChI=1S/C27H30N2O3/c1-31-25-14-12-23(13-15-25)29(27(30)21-8-4-3-5-9-21)24-16-18-28(19-17-24)20-22-10-6-7-11-26(22)32-2/h3-15,24H,16-20H2,1-2H3. The molecule has 0 unspecified atom stereocenters. The van der Waals surface area contributed by atoms with Crippen LogP contribution in [0.15, 0.2) is 78.9 Å². The molecule has 5 heteroatoms. The Morgan fingerprint density at radius 3 is 2.19 bits per heavy atom. The summed E-state index contributed by atoms with van der Waals surface area (Å²) >= 11 is 0. The van der Waals surface area contributed by atoms with Gasteiger partial charge in [0.1, 0.15) is 11.5 Å². The van der Waals surface area contributed by atoms with Crippen LogP contribution in [0.1, 0.15) is 28.8 Å². The molecule has 1 fully saturated rings. The molecule has 166 valence electrons. The molecule has 1 aliphatic rings. The summed E-state index contributed by atoms with van der Waals surface area (Å²) in [7, 11) is 3.37. The summed E-state index contributed by atoms with van der Waals surface area (Å²) in [4.78, 5) is 17.9. The largest absolute Gasteiger partial charge is 0.497 e. The molecule has 32 heavy (non-hydrogen) atoms. The lowest BCUT2D eigenvalue weighted by Gasteiger charge is -2.39. The lowest BCUT2D eigenvalue weighted by molar-refractivity contribution is 0.0958. The summed E-state index contributed by atoms with van der Waals surface area (Å²) < 4.78 is 10.8. The molecule has 0 spiro atoms. The Kier molecular flexibility index (Phi) is 7.07. The molecule has 0 aromatic heterocycles. The second-order valence-corrected chi connectivity index (χ2v) is 8.06. The number of para-hydroxylation sites is 1. The Labute approximate surface area is 190 Å². The predicted molar refractivity (Wildman–Crippen MR) is 128 cm³/mol. The van der Waals surface area contributed by atoms with Crippen molar-refractivity contribution in [3.63, 3.8) is 0 Å². The van der Waals surface area contributed by atoms with Gasteiger partial charge in [-0.15, -0.1) is 0 Å². The fourth-order valence-corrected chi connectivity index (χ4v) is 4.37. The smallest absolute Gasteiger partial charge is 0.258 e. The highest BCUT2D eigenvalue weighted by atomic mass is 16.5. The van der Waals surface area contributed by atoms with Gasteiger partial charge in [-0.25, -0.2) is 0 Å². The first-order valence-corrected chi connectivity index (χ1v) is 11.1. The zero-order chi connectivity index (χ0) is 22.3. The van der Waals surface area contributed by atoms with Gasteiger partial charge >= 0.3 is 0 Å². The Bertz CT molecular complexity index is 1010. The summed E-state index contributed by atoms with van der Waals surface area (Å²) in [6.07, 6.45) is 1.83. The van der Waals surface area contributed by atoms with Gasteiger partial charge in [0.25, 0.3) is 5.91 Å². The SMILES string of the molecule is COc1ccc(N(C(=O)c2ccccc2)C2CCN(Cc3ccccc3OC)CC2)cc1. The van der Waals surface area contributed by atoms with Crippen LogP contribution in [0.4, 0.5) is 5.69 Å². The van der Waals surface area contributed by atoms with E-state index in [1.807, 2.05) is 71.6 Å². The molecule has 0 radical (unpaired) electrons. The molecule has 5 nitrogen and oxygen atoms in total. The summed E-state index contributed by atoms with van der Waals surface area (Å²) in [6.45, 7) is 2.71. The van der Waals surface area contributed by atoms with E-state index in [4.69, 9.17) is 9.47 Å². The van der Waals surface area contributed by atoms with E-state index in [1.165, 1.54) is 5.56 Å². The molecule has 0 N–H and O–H groups in total. The molecule has 0 bridgehead atoms. The second kappa shape index (κ2) is 10.3. The quantitative estimate of drug-likeness (QED) is 0.528. The van der Waals surface area contributed by atoms with Gasteiger partial charge in [0.2, 0.25) is 0 Å². The fourth-order valence-electron chi connectivity index (χ4n) is 4.37. The molecular weight excluding hydrogens is 400 g/mol. The minimum absolute atomic E-state index is 0.0407. The van der Waals surface area contributed by atoms with Gasteiger partial charge in [0, 0.05) is 42.5 Å². The van der Waals surface area contributed by atoms with Crippen LogP contribution in [0.3, 0.4) is 0 Å². The highest BCUT2D eigenvalue weighted by Gasteiger charge is 2.30. The van der Waals surface area contributed by atoms with E-state index in [0.717, 1.165) is 49.7 Å². The first-order chi connectivity index (χ1) is 15.7. The van der Waals surface area contributed by atoms with E-state index < -0.39 is 0 Å². The van der Waals surface area contributed by atoms with Gasteiger partial charge in [-0.1, -0.05) is 36.4 Å². The monoisotopic (exact) mass is 430 g/mol. The molecule has 3 aromatic carbocycles. The van der Waals surface area contributed by atoms with Crippen molar-refractivity contribution in [3.8, 4) is 11.5 Å².